The van der Waals surface area contributed by atoms with E-state index in [0.29, 0.717) is 6.54 Å². The number of thiophene rings is 1. The molecule has 0 aliphatic carbocycles. The van der Waals surface area contributed by atoms with Gasteiger partial charge in [0.15, 0.2) is 0 Å². The Morgan fingerprint density at radius 3 is 3.00 bits per heavy atom. The largest absolute Gasteiger partial charge is 0.322 e. The van der Waals surface area contributed by atoms with Crippen molar-refractivity contribution in [3.05, 3.63) is 21.9 Å². The Labute approximate surface area is 94.1 Å². The van der Waals surface area contributed by atoms with Crippen molar-refractivity contribution in [1.29, 1.82) is 0 Å². The van der Waals surface area contributed by atoms with Gasteiger partial charge < -0.3 is 4.90 Å². The zero-order chi connectivity index (χ0) is 10.8. The van der Waals surface area contributed by atoms with Crippen LogP contribution in [0.4, 0.5) is 0 Å². The van der Waals surface area contributed by atoms with E-state index in [1.54, 1.807) is 11.3 Å². The van der Waals surface area contributed by atoms with Gasteiger partial charge in [-0.05, 0) is 35.2 Å². The molecule has 82 valence electrons. The maximum atomic E-state index is 11.6. The minimum Gasteiger partial charge on any atom is -0.322 e. The van der Waals surface area contributed by atoms with E-state index in [9.17, 15) is 4.79 Å². The molecule has 15 heavy (non-hydrogen) atoms. The van der Waals surface area contributed by atoms with E-state index in [4.69, 9.17) is 0 Å². The molecule has 1 aromatic rings. The van der Waals surface area contributed by atoms with Crippen LogP contribution in [0.2, 0.25) is 0 Å². The molecule has 1 unspecified atom stereocenters. The monoisotopic (exact) mass is 224 g/mol. The number of carbonyl (C=O) groups is 1. The molecule has 1 N–H and O–H groups in total. The molecule has 1 amide bonds. The molecule has 2 heterocycles. The number of hydrogen-bond donors (Lipinski definition) is 1. The van der Waals surface area contributed by atoms with Crippen LogP contribution in [-0.4, -0.2) is 23.5 Å². The third-order valence-corrected chi connectivity index (χ3v) is 3.78. The Kier molecular flexibility index (Phi) is 3.07. The Morgan fingerprint density at radius 1 is 1.60 bits per heavy atom. The van der Waals surface area contributed by atoms with E-state index in [2.05, 4.69) is 29.9 Å². The van der Waals surface area contributed by atoms with Crippen LogP contribution in [0.5, 0.6) is 0 Å². The quantitative estimate of drug-likeness (QED) is 0.848. The summed E-state index contributed by atoms with van der Waals surface area (Å²) in [6.45, 7) is 5.44. The van der Waals surface area contributed by atoms with Crippen LogP contribution in [0.3, 0.4) is 0 Å². The lowest BCUT2D eigenvalue weighted by atomic mass is 10.2. The van der Waals surface area contributed by atoms with Crippen molar-refractivity contribution in [2.45, 2.75) is 33.0 Å². The second kappa shape index (κ2) is 4.33. The lowest BCUT2D eigenvalue weighted by Crippen LogP contribution is -2.36. The van der Waals surface area contributed by atoms with Crippen LogP contribution in [-0.2, 0) is 11.3 Å². The Bertz CT molecular complexity index is 361. The number of nitrogens with zero attached hydrogens (tertiary/aromatic N) is 1. The van der Waals surface area contributed by atoms with Crippen molar-refractivity contribution < 1.29 is 4.79 Å². The van der Waals surface area contributed by atoms with Crippen LogP contribution in [0, 0.1) is 6.92 Å². The molecule has 0 radical (unpaired) electrons. The lowest BCUT2D eigenvalue weighted by Gasteiger charge is -2.23. The van der Waals surface area contributed by atoms with Crippen molar-refractivity contribution in [3.8, 4) is 0 Å². The molecule has 0 bridgehead atoms. The fraction of sp³-hybridized carbons (Fsp3) is 0.545. The van der Waals surface area contributed by atoms with Gasteiger partial charge in [0.1, 0.15) is 0 Å². The van der Waals surface area contributed by atoms with Gasteiger partial charge in [-0.25, -0.2) is 0 Å². The normalized spacial score (nSPS) is 21.3. The predicted molar refractivity (Wildman–Crippen MR) is 61.7 cm³/mol. The summed E-state index contributed by atoms with van der Waals surface area (Å²) < 4.78 is 0. The zero-order valence-electron chi connectivity index (χ0n) is 9.12. The topological polar surface area (TPSA) is 32.3 Å². The van der Waals surface area contributed by atoms with Gasteiger partial charge in [0, 0.05) is 6.54 Å². The molecule has 0 saturated carbocycles. The number of nitrogens with one attached hydrogen (secondary N) is 1. The van der Waals surface area contributed by atoms with Gasteiger partial charge in [-0.3, -0.25) is 10.1 Å². The second-order valence-corrected chi connectivity index (χ2v) is 4.65. The van der Waals surface area contributed by atoms with Crippen molar-refractivity contribution in [3.63, 3.8) is 0 Å². The van der Waals surface area contributed by atoms with Crippen LogP contribution < -0.4 is 5.32 Å². The van der Waals surface area contributed by atoms with Gasteiger partial charge >= 0.3 is 0 Å². The molecule has 4 heteroatoms. The average molecular weight is 224 g/mol. The number of hydrogen-bond acceptors (Lipinski definition) is 3. The smallest absolute Gasteiger partial charge is 0.238 e. The number of rotatable bonds is 3. The summed E-state index contributed by atoms with van der Waals surface area (Å²) in [5.74, 6) is 0.215. The molecule has 0 spiro atoms. The van der Waals surface area contributed by atoms with E-state index >= 15 is 0 Å². The maximum absolute atomic E-state index is 11.6. The minimum absolute atomic E-state index is 0.215. The van der Waals surface area contributed by atoms with E-state index in [1.807, 2.05) is 4.90 Å². The predicted octanol–water partition coefficient (Wildman–Crippen LogP) is 1.72. The molecular formula is C11H16N2OS. The summed E-state index contributed by atoms with van der Waals surface area (Å²) in [5, 5.41) is 7.48. The summed E-state index contributed by atoms with van der Waals surface area (Å²) >= 11 is 1.70. The summed E-state index contributed by atoms with van der Waals surface area (Å²) in [7, 11) is 0. The van der Waals surface area contributed by atoms with Gasteiger partial charge in [0.2, 0.25) is 5.91 Å². The second-order valence-electron chi connectivity index (χ2n) is 3.91. The minimum atomic E-state index is 0.215. The first-order chi connectivity index (χ1) is 7.22. The first-order valence-corrected chi connectivity index (χ1v) is 6.21. The van der Waals surface area contributed by atoms with E-state index in [1.165, 1.54) is 11.1 Å². The SMILES string of the molecule is CCC1NCC(=O)N1Cc1cscc1C. The van der Waals surface area contributed by atoms with E-state index in [0.717, 1.165) is 13.0 Å². The first-order valence-electron chi connectivity index (χ1n) is 5.27. The molecule has 1 aromatic heterocycles. The fourth-order valence-corrected chi connectivity index (χ4v) is 2.73. The Hall–Kier alpha value is -0.870. The number of amides is 1. The third kappa shape index (κ3) is 2.06. The molecule has 1 aliphatic rings. The van der Waals surface area contributed by atoms with Crippen LogP contribution in [0.25, 0.3) is 0 Å². The average Bonchev–Trinajstić information content (AvgIpc) is 2.77. The molecule has 1 fully saturated rings. The van der Waals surface area contributed by atoms with Gasteiger partial charge in [0.25, 0.3) is 0 Å². The molecular weight excluding hydrogens is 208 g/mol. The molecule has 1 saturated heterocycles. The molecule has 2 rings (SSSR count). The maximum Gasteiger partial charge on any atom is 0.238 e. The highest BCUT2D eigenvalue weighted by Crippen LogP contribution is 2.19. The van der Waals surface area contributed by atoms with Crippen molar-refractivity contribution in [2.24, 2.45) is 0 Å². The number of carbonyl (C=O) groups excluding carboxylic acids is 1. The summed E-state index contributed by atoms with van der Waals surface area (Å²) in [5.41, 5.74) is 2.56. The highest BCUT2D eigenvalue weighted by Gasteiger charge is 2.29. The van der Waals surface area contributed by atoms with E-state index in [-0.39, 0.29) is 12.1 Å². The lowest BCUT2D eigenvalue weighted by molar-refractivity contribution is -0.128. The Morgan fingerprint density at radius 2 is 2.40 bits per heavy atom. The highest BCUT2D eigenvalue weighted by molar-refractivity contribution is 7.08. The summed E-state index contributed by atoms with van der Waals surface area (Å²) in [6.07, 6.45) is 1.19. The van der Waals surface area contributed by atoms with Crippen LogP contribution >= 0.6 is 11.3 Å². The van der Waals surface area contributed by atoms with Gasteiger partial charge in [-0.1, -0.05) is 6.92 Å². The van der Waals surface area contributed by atoms with Crippen molar-refractivity contribution in [2.75, 3.05) is 6.54 Å². The Balaban J connectivity index is 2.10. The van der Waals surface area contributed by atoms with Gasteiger partial charge in [0.05, 0.1) is 12.7 Å². The molecule has 1 atom stereocenters. The van der Waals surface area contributed by atoms with Crippen molar-refractivity contribution in [1.82, 2.24) is 10.2 Å². The van der Waals surface area contributed by atoms with Gasteiger partial charge in [-0.2, -0.15) is 11.3 Å². The molecule has 3 nitrogen and oxygen atoms in total. The molecule has 0 aromatic carbocycles. The van der Waals surface area contributed by atoms with Crippen molar-refractivity contribution >= 4 is 17.2 Å². The van der Waals surface area contributed by atoms with Crippen LogP contribution in [0.15, 0.2) is 10.8 Å². The number of aryl methyl sites for hydroxylation is 1. The third-order valence-electron chi connectivity index (χ3n) is 2.87. The zero-order valence-corrected chi connectivity index (χ0v) is 9.93. The highest BCUT2D eigenvalue weighted by atomic mass is 32.1. The standard InChI is InChI=1S/C11H16N2OS/c1-3-10-12-4-11(14)13(10)5-9-7-15-6-8(9)2/h6-7,10,12H,3-5H2,1-2H3. The van der Waals surface area contributed by atoms with Gasteiger partial charge in [-0.15, -0.1) is 0 Å². The van der Waals surface area contributed by atoms with Crippen LogP contribution in [0.1, 0.15) is 24.5 Å². The summed E-state index contributed by atoms with van der Waals surface area (Å²) in [4.78, 5) is 13.6. The fourth-order valence-electron chi connectivity index (χ4n) is 1.89. The van der Waals surface area contributed by atoms with E-state index < -0.39 is 0 Å². The molecule has 1 aliphatic heterocycles. The summed E-state index contributed by atoms with van der Waals surface area (Å²) in [6, 6.07) is 0. The first kappa shape index (κ1) is 10.6.